The lowest BCUT2D eigenvalue weighted by molar-refractivity contribution is 0.102. The number of aromatic nitrogens is 3. The van der Waals surface area contributed by atoms with E-state index in [4.69, 9.17) is 4.98 Å². The number of anilines is 1. The zero-order chi connectivity index (χ0) is 24.3. The number of amides is 1. The number of H-pyrrole nitrogens is 1. The van der Waals surface area contributed by atoms with Gasteiger partial charge in [0, 0.05) is 23.1 Å². The minimum atomic E-state index is -0.152. The molecule has 2 aromatic heterocycles. The topological polar surface area (TPSA) is 70.7 Å². The molecule has 0 saturated heterocycles. The van der Waals surface area contributed by atoms with Crippen LogP contribution in [0, 0.1) is 0 Å². The van der Waals surface area contributed by atoms with E-state index >= 15 is 0 Å². The molecule has 0 aliphatic carbocycles. The molecule has 6 aromatic rings. The fourth-order valence-electron chi connectivity index (χ4n) is 4.46. The van der Waals surface area contributed by atoms with Crippen LogP contribution in [0.5, 0.6) is 0 Å². The van der Waals surface area contributed by atoms with Crippen molar-refractivity contribution in [3.05, 3.63) is 126 Å². The van der Waals surface area contributed by atoms with Gasteiger partial charge in [-0.05, 0) is 48.4 Å². The van der Waals surface area contributed by atoms with Crippen molar-refractivity contribution in [1.29, 1.82) is 0 Å². The van der Waals surface area contributed by atoms with E-state index in [0.717, 1.165) is 57.5 Å². The van der Waals surface area contributed by atoms with Gasteiger partial charge in [0.25, 0.3) is 5.91 Å². The average molecular weight is 469 g/mol. The van der Waals surface area contributed by atoms with E-state index in [0.29, 0.717) is 5.56 Å². The SMILES string of the molecule is O=C(Nc1ccc(CCc2nc3ccccc3[nH]2)cc1)c1cc(-c2ccccc2)nc2ccccc12. The van der Waals surface area contributed by atoms with Gasteiger partial charge in [-0.15, -0.1) is 0 Å². The van der Waals surface area contributed by atoms with Crippen LogP contribution in [0.25, 0.3) is 33.2 Å². The first-order chi connectivity index (χ1) is 17.7. The Labute approximate surface area is 208 Å². The third kappa shape index (κ3) is 4.46. The largest absolute Gasteiger partial charge is 0.342 e. The van der Waals surface area contributed by atoms with Gasteiger partial charge >= 0.3 is 0 Å². The summed E-state index contributed by atoms with van der Waals surface area (Å²) in [5.41, 5.74) is 7.16. The molecule has 0 unspecified atom stereocenters. The van der Waals surface area contributed by atoms with E-state index in [-0.39, 0.29) is 5.91 Å². The molecular weight excluding hydrogens is 444 g/mol. The molecule has 0 aliphatic heterocycles. The first-order valence-corrected chi connectivity index (χ1v) is 12.0. The zero-order valence-electron chi connectivity index (χ0n) is 19.6. The number of carbonyl (C=O) groups excluding carboxylic acids is 1. The van der Waals surface area contributed by atoms with Crippen LogP contribution in [0.3, 0.4) is 0 Å². The van der Waals surface area contributed by atoms with E-state index in [2.05, 4.69) is 27.4 Å². The summed E-state index contributed by atoms with van der Waals surface area (Å²) in [6, 6.07) is 35.6. The van der Waals surface area contributed by atoms with Crippen molar-refractivity contribution in [1.82, 2.24) is 15.0 Å². The first kappa shape index (κ1) is 21.7. The number of pyridine rings is 1. The summed E-state index contributed by atoms with van der Waals surface area (Å²) in [6.45, 7) is 0. The van der Waals surface area contributed by atoms with Gasteiger partial charge in [-0.1, -0.05) is 72.8 Å². The lowest BCUT2D eigenvalue weighted by atomic mass is 10.0. The van der Waals surface area contributed by atoms with Crippen molar-refractivity contribution in [2.75, 3.05) is 5.32 Å². The molecular formula is C31H24N4O. The molecule has 0 fully saturated rings. The lowest BCUT2D eigenvalue weighted by Crippen LogP contribution is -2.13. The molecule has 174 valence electrons. The lowest BCUT2D eigenvalue weighted by Gasteiger charge is -2.11. The van der Waals surface area contributed by atoms with Crippen LogP contribution in [0.15, 0.2) is 109 Å². The van der Waals surface area contributed by atoms with E-state index in [9.17, 15) is 4.79 Å². The monoisotopic (exact) mass is 468 g/mol. The van der Waals surface area contributed by atoms with Gasteiger partial charge in [0.1, 0.15) is 5.82 Å². The van der Waals surface area contributed by atoms with Crippen LogP contribution in [0.4, 0.5) is 5.69 Å². The molecule has 0 saturated carbocycles. The highest BCUT2D eigenvalue weighted by Gasteiger charge is 2.14. The van der Waals surface area contributed by atoms with Crippen molar-refractivity contribution in [3.63, 3.8) is 0 Å². The fourth-order valence-corrected chi connectivity index (χ4v) is 4.46. The van der Waals surface area contributed by atoms with Crippen molar-refractivity contribution in [2.45, 2.75) is 12.8 Å². The van der Waals surface area contributed by atoms with Crippen molar-refractivity contribution < 1.29 is 4.79 Å². The molecule has 0 atom stereocenters. The second-order valence-corrected chi connectivity index (χ2v) is 8.79. The predicted molar refractivity (Wildman–Crippen MR) is 145 cm³/mol. The third-order valence-electron chi connectivity index (χ3n) is 6.33. The molecule has 2 heterocycles. The van der Waals surface area contributed by atoms with Gasteiger partial charge in [-0.2, -0.15) is 0 Å². The Hall–Kier alpha value is -4.77. The Morgan fingerprint density at radius 1 is 0.722 bits per heavy atom. The van der Waals surface area contributed by atoms with Gasteiger partial charge in [-0.25, -0.2) is 9.97 Å². The molecule has 5 heteroatoms. The molecule has 6 rings (SSSR count). The summed E-state index contributed by atoms with van der Waals surface area (Å²) in [6.07, 6.45) is 1.69. The number of aryl methyl sites for hydroxylation is 2. The molecule has 5 nitrogen and oxygen atoms in total. The number of benzene rings is 4. The molecule has 0 aliphatic rings. The maximum absolute atomic E-state index is 13.3. The summed E-state index contributed by atoms with van der Waals surface area (Å²) in [5.74, 6) is 0.827. The summed E-state index contributed by atoms with van der Waals surface area (Å²) in [7, 11) is 0. The number of hydrogen-bond acceptors (Lipinski definition) is 3. The standard InChI is InChI=1S/C31H24N4O/c36-31(25-20-29(22-8-2-1-3-9-22)33-26-11-5-4-10-24(25)26)32-23-17-14-21(15-18-23)16-19-30-34-27-12-6-7-13-28(27)35-30/h1-15,17-18,20H,16,19H2,(H,32,36)(H,34,35). The van der Waals surface area contributed by atoms with Crippen LogP contribution in [-0.4, -0.2) is 20.9 Å². The molecule has 4 aromatic carbocycles. The molecule has 1 amide bonds. The Morgan fingerprint density at radius 2 is 1.44 bits per heavy atom. The maximum Gasteiger partial charge on any atom is 0.256 e. The van der Waals surface area contributed by atoms with E-state index < -0.39 is 0 Å². The van der Waals surface area contributed by atoms with Crippen LogP contribution in [0.2, 0.25) is 0 Å². The smallest absolute Gasteiger partial charge is 0.256 e. The summed E-state index contributed by atoms with van der Waals surface area (Å²) >= 11 is 0. The number of rotatable bonds is 6. The van der Waals surface area contributed by atoms with Crippen LogP contribution in [0.1, 0.15) is 21.7 Å². The number of aromatic amines is 1. The van der Waals surface area contributed by atoms with Crippen molar-refractivity contribution >= 4 is 33.5 Å². The minimum absolute atomic E-state index is 0.152. The van der Waals surface area contributed by atoms with E-state index in [1.54, 1.807) is 0 Å². The Kier molecular flexibility index (Phi) is 5.72. The van der Waals surface area contributed by atoms with Gasteiger partial charge < -0.3 is 10.3 Å². The molecule has 0 radical (unpaired) electrons. The summed E-state index contributed by atoms with van der Waals surface area (Å²) in [4.78, 5) is 26.2. The van der Waals surface area contributed by atoms with Gasteiger partial charge in [0.15, 0.2) is 0 Å². The molecule has 2 N–H and O–H groups in total. The number of para-hydroxylation sites is 3. The predicted octanol–water partition coefficient (Wildman–Crippen LogP) is 6.82. The quantitative estimate of drug-likeness (QED) is 0.282. The van der Waals surface area contributed by atoms with Crippen LogP contribution >= 0.6 is 0 Å². The number of nitrogens with zero attached hydrogens (tertiary/aromatic N) is 2. The van der Waals surface area contributed by atoms with E-state index in [1.807, 2.05) is 97.1 Å². The molecule has 36 heavy (non-hydrogen) atoms. The Balaban J connectivity index is 1.19. The number of hydrogen-bond donors (Lipinski definition) is 2. The minimum Gasteiger partial charge on any atom is -0.342 e. The highest BCUT2D eigenvalue weighted by Crippen LogP contribution is 2.26. The van der Waals surface area contributed by atoms with Crippen LogP contribution < -0.4 is 5.32 Å². The van der Waals surface area contributed by atoms with Gasteiger partial charge in [0.05, 0.1) is 27.8 Å². The number of carbonyl (C=O) groups is 1. The second-order valence-electron chi connectivity index (χ2n) is 8.79. The highest BCUT2D eigenvalue weighted by atomic mass is 16.1. The Morgan fingerprint density at radius 3 is 2.25 bits per heavy atom. The highest BCUT2D eigenvalue weighted by molar-refractivity contribution is 6.13. The first-order valence-electron chi connectivity index (χ1n) is 12.0. The number of imidazole rings is 1. The van der Waals surface area contributed by atoms with E-state index in [1.165, 1.54) is 5.56 Å². The second kappa shape index (κ2) is 9.47. The van der Waals surface area contributed by atoms with Crippen molar-refractivity contribution in [3.8, 4) is 11.3 Å². The molecule has 0 bridgehead atoms. The zero-order valence-corrected chi connectivity index (χ0v) is 19.6. The van der Waals surface area contributed by atoms with Crippen molar-refractivity contribution in [2.24, 2.45) is 0 Å². The Bertz CT molecular complexity index is 1640. The number of nitrogens with one attached hydrogen (secondary N) is 2. The van der Waals surface area contributed by atoms with Gasteiger partial charge in [0.2, 0.25) is 0 Å². The number of fused-ring (bicyclic) bond motifs is 2. The fraction of sp³-hybridized carbons (Fsp3) is 0.0645. The normalized spacial score (nSPS) is 11.1. The third-order valence-corrected chi connectivity index (χ3v) is 6.33. The summed E-state index contributed by atoms with van der Waals surface area (Å²) < 4.78 is 0. The maximum atomic E-state index is 13.3. The molecule has 0 spiro atoms. The van der Waals surface area contributed by atoms with Gasteiger partial charge in [-0.3, -0.25) is 4.79 Å². The summed E-state index contributed by atoms with van der Waals surface area (Å²) in [5, 5.41) is 3.89. The average Bonchev–Trinajstić information content (AvgIpc) is 3.36. The van der Waals surface area contributed by atoms with Crippen LogP contribution in [-0.2, 0) is 12.8 Å².